The van der Waals surface area contributed by atoms with E-state index in [0.717, 1.165) is 0 Å². The van der Waals surface area contributed by atoms with Crippen molar-refractivity contribution in [2.75, 3.05) is 0 Å². The Balaban J connectivity index is 3.13. The molecule has 0 aliphatic rings. The quantitative estimate of drug-likeness (QED) is 0.590. The predicted molar refractivity (Wildman–Crippen MR) is 58.6 cm³/mol. The Bertz CT molecular complexity index is 390. The number of nitro benzene ring substituents is 1. The molecule has 0 N–H and O–H groups in total. The summed E-state index contributed by atoms with van der Waals surface area (Å²) in [6.45, 7) is 5.52. The average Bonchev–Trinajstić information content (AvgIpc) is 2.09. The van der Waals surface area contributed by atoms with Crippen molar-refractivity contribution in [3.8, 4) is 5.75 Å². The highest BCUT2D eigenvalue weighted by molar-refractivity contribution is 6.32. The van der Waals surface area contributed by atoms with E-state index in [2.05, 4.69) is 0 Å². The summed E-state index contributed by atoms with van der Waals surface area (Å²) in [4.78, 5) is 10.1. The van der Waals surface area contributed by atoms with Gasteiger partial charge in [-0.1, -0.05) is 11.6 Å². The van der Waals surface area contributed by atoms with Crippen molar-refractivity contribution in [3.63, 3.8) is 0 Å². The fraction of sp³-hybridized carbons (Fsp3) is 0.400. The summed E-state index contributed by atoms with van der Waals surface area (Å²) in [5, 5.41) is 10.7. The van der Waals surface area contributed by atoms with E-state index < -0.39 is 4.92 Å². The molecule has 0 aromatic heterocycles. The maximum Gasteiger partial charge on any atom is 0.288 e. The van der Waals surface area contributed by atoms with Crippen LogP contribution in [0.1, 0.15) is 19.4 Å². The highest BCUT2D eigenvalue weighted by Crippen LogP contribution is 2.32. The molecule has 82 valence electrons. The molecular weight excluding hydrogens is 218 g/mol. The second-order valence-electron chi connectivity index (χ2n) is 3.49. The lowest BCUT2D eigenvalue weighted by molar-refractivity contribution is -0.384. The van der Waals surface area contributed by atoms with Crippen LogP contribution < -0.4 is 4.74 Å². The second-order valence-corrected chi connectivity index (χ2v) is 3.90. The van der Waals surface area contributed by atoms with Gasteiger partial charge in [-0.25, -0.2) is 0 Å². The topological polar surface area (TPSA) is 52.4 Å². The third-order valence-electron chi connectivity index (χ3n) is 1.80. The lowest BCUT2D eigenvalue weighted by atomic mass is 10.2. The molecular formula is C10H12ClNO3. The molecule has 0 aliphatic carbocycles. The Kier molecular flexibility index (Phi) is 3.52. The number of nitrogens with zero attached hydrogens (tertiary/aromatic N) is 1. The van der Waals surface area contributed by atoms with Crippen molar-refractivity contribution in [1.29, 1.82) is 0 Å². The van der Waals surface area contributed by atoms with Crippen molar-refractivity contribution in [2.24, 2.45) is 0 Å². The van der Waals surface area contributed by atoms with Gasteiger partial charge in [0, 0.05) is 12.1 Å². The number of hydrogen-bond donors (Lipinski definition) is 0. The number of ether oxygens (including phenoxy) is 1. The molecule has 1 aromatic rings. The summed E-state index contributed by atoms with van der Waals surface area (Å²) >= 11 is 5.76. The Morgan fingerprint density at radius 1 is 1.47 bits per heavy atom. The van der Waals surface area contributed by atoms with Crippen molar-refractivity contribution < 1.29 is 9.66 Å². The largest absolute Gasteiger partial charge is 0.491 e. The van der Waals surface area contributed by atoms with Crippen molar-refractivity contribution >= 4 is 17.3 Å². The molecule has 0 atom stereocenters. The zero-order chi connectivity index (χ0) is 11.6. The van der Waals surface area contributed by atoms with Crippen LogP contribution in [-0.2, 0) is 0 Å². The van der Waals surface area contributed by atoms with E-state index in [1.165, 1.54) is 12.1 Å². The molecule has 0 fully saturated rings. The SMILES string of the molecule is Cc1cc([N+](=O)[O-])c(Cl)cc1OC(C)C. The third-order valence-corrected chi connectivity index (χ3v) is 2.11. The van der Waals surface area contributed by atoms with Gasteiger partial charge in [0.25, 0.3) is 5.69 Å². The Morgan fingerprint density at radius 2 is 2.07 bits per heavy atom. The van der Waals surface area contributed by atoms with Gasteiger partial charge in [-0.3, -0.25) is 10.1 Å². The van der Waals surface area contributed by atoms with Crippen LogP contribution in [-0.4, -0.2) is 11.0 Å². The highest BCUT2D eigenvalue weighted by Gasteiger charge is 2.15. The zero-order valence-electron chi connectivity index (χ0n) is 8.78. The highest BCUT2D eigenvalue weighted by atomic mass is 35.5. The van der Waals surface area contributed by atoms with E-state index >= 15 is 0 Å². The molecule has 5 heteroatoms. The van der Waals surface area contributed by atoms with Crippen LogP contribution in [0.3, 0.4) is 0 Å². The maximum absolute atomic E-state index is 10.6. The number of hydrogen-bond acceptors (Lipinski definition) is 3. The first-order valence-corrected chi connectivity index (χ1v) is 4.90. The van der Waals surface area contributed by atoms with E-state index in [0.29, 0.717) is 11.3 Å². The van der Waals surface area contributed by atoms with Gasteiger partial charge in [0.15, 0.2) is 0 Å². The minimum Gasteiger partial charge on any atom is -0.491 e. The minimum absolute atomic E-state index is 0.0150. The first-order valence-electron chi connectivity index (χ1n) is 4.53. The molecule has 0 bridgehead atoms. The van der Waals surface area contributed by atoms with E-state index in [9.17, 15) is 10.1 Å². The molecule has 0 spiro atoms. The van der Waals surface area contributed by atoms with Gasteiger partial charge in [-0.15, -0.1) is 0 Å². The molecule has 1 aromatic carbocycles. The van der Waals surface area contributed by atoms with Gasteiger partial charge in [-0.2, -0.15) is 0 Å². The average molecular weight is 230 g/mol. The molecule has 0 radical (unpaired) electrons. The fourth-order valence-electron chi connectivity index (χ4n) is 1.17. The number of nitro groups is 1. The maximum atomic E-state index is 10.6. The normalized spacial score (nSPS) is 10.5. The standard InChI is InChI=1S/C10H12ClNO3/c1-6(2)15-10-5-8(11)9(12(13)14)4-7(10)3/h4-6H,1-3H3. The van der Waals surface area contributed by atoms with Crippen LogP contribution in [0, 0.1) is 17.0 Å². The number of halogens is 1. The first-order chi connectivity index (χ1) is 6.91. The third kappa shape index (κ3) is 2.83. The smallest absolute Gasteiger partial charge is 0.288 e. The van der Waals surface area contributed by atoms with E-state index in [1.54, 1.807) is 6.92 Å². The van der Waals surface area contributed by atoms with Crippen molar-refractivity contribution in [2.45, 2.75) is 26.9 Å². The van der Waals surface area contributed by atoms with Gasteiger partial charge in [0.05, 0.1) is 11.0 Å². The van der Waals surface area contributed by atoms with E-state index in [1.807, 2.05) is 13.8 Å². The van der Waals surface area contributed by atoms with Gasteiger partial charge < -0.3 is 4.74 Å². The van der Waals surface area contributed by atoms with Crippen LogP contribution in [0.2, 0.25) is 5.02 Å². The first kappa shape index (κ1) is 11.8. The molecule has 4 nitrogen and oxygen atoms in total. The lowest BCUT2D eigenvalue weighted by Crippen LogP contribution is -2.07. The van der Waals surface area contributed by atoms with Crippen LogP contribution in [0.25, 0.3) is 0 Å². The van der Waals surface area contributed by atoms with Crippen molar-refractivity contribution in [1.82, 2.24) is 0 Å². The number of benzene rings is 1. The number of aryl methyl sites for hydroxylation is 1. The van der Waals surface area contributed by atoms with Gasteiger partial charge >= 0.3 is 0 Å². The fourth-order valence-corrected chi connectivity index (χ4v) is 1.39. The summed E-state index contributed by atoms with van der Waals surface area (Å²) in [6.07, 6.45) is 0.0150. The van der Waals surface area contributed by atoms with Crippen LogP contribution >= 0.6 is 11.6 Å². The summed E-state index contributed by atoms with van der Waals surface area (Å²) in [6, 6.07) is 2.90. The Morgan fingerprint density at radius 3 is 2.53 bits per heavy atom. The summed E-state index contributed by atoms with van der Waals surface area (Å²) in [5.74, 6) is 0.584. The molecule has 0 aliphatic heterocycles. The lowest BCUT2D eigenvalue weighted by Gasteiger charge is -2.12. The van der Waals surface area contributed by atoms with Crippen LogP contribution in [0.5, 0.6) is 5.75 Å². The number of rotatable bonds is 3. The monoisotopic (exact) mass is 229 g/mol. The second kappa shape index (κ2) is 4.49. The van der Waals surface area contributed by atoms with Crippen molar-refractivity contribution in [3.05, 3.63) is 32.8 Å². The summed E-state index contributed by atoms with van der Waals surface area (Å²) in [5.41, 5.74) is 0.616. The Hall–Kier alpha value is -1.29. The molecule has 1 rings (SSSR count). The Labute approximate surface area is 93.0 Å². The molecule has 0 unspecified atom stereocenters. The zero-order valence-corrected chi connectivity index (χ0v) is 9.54. The van der Waals surface area contributed by atoms with E-state index in [4.69, 9.17) is 16.3 Å². The molecule has 0 saturated carbocycles. The summed E-state index contributed by atoms with van der Waals surface area (Å²) < 4.78 is 5.45. The predicted octanol–water partition coefficient (Wildman–Crippen LogP) is 3.34. The summed E-state index contributed by atoms with van der Waals surface area (Å²) in [7, 11) is 0. The molecule has 0 saturated heterocycles. The van der Waals surface area contributed by atoms with Crippen LogP contribution in [0.15, 0.2) is 12.1 Å². The minimum atomic E-state index is -0.505. The van der Waals surface area contributed by atoms with E-state index in [-0.39, 0.29) is 16.8 Å². The van der Waals surface area contributed by atoms with Gasteiger partial charge in [-0.05, 0) is 26.3 Å². The molecule has 0 amide bonds. The van der Waals surface area contributed by atoms with Gasteiger partial charge in [0.1, 0.15) is 10.8 Å². The molecule has 0 heterocycles. The molecule has 15 heavy (non-hydrogen) atoms. The van der Waals surface area contributed by atoms with Crippen LogP contribution in [0.4, 0.5) is 5.69 Å². The van der Waals surface area contributed by atoms with Gasteiger partial charge in [0.2, 0.25) is 0 Å².